The number of aryl methyl sites for hydroxylation is 2. The number of benzene rings is 1. The highest BCUT2D eigenvalue weighted by Gasteiger charge is 1.94. The number of allylic oxidation sites excluding steroid dienone is 2. The zero-order valence-corrected chi connectivity index (χ0v) is 14.6. The molecule has 0 atom stereocenters. The van der Waals surface area contributed by atoms with Crippen molar-refractivity contribution in [1.29, 1.82) is 0 Å². The highest BCUT2D eigenvalue weighted by Crippen LogP contribution is 2.04. The Bertz CT molecular complexity index is 473. The molecule has 0 aliphatic rings. The number of hydrogen-bond donors (Lipinski definition) is 2. The summed E-state index contributed by atoms with van der Waals surface area (Å²) in [6, 6.07) is 8.76. The summed E-state index contributed by atoms with van der Waals surface area (Å²) in [4.78, 5) is 10.7. The number of amides is 1. The molecule has 0 radical (unpaired) electrons. The summed E-state index contributed by atoms with van der Waals surface area (Å²) in [7, 11) is 0. The SMILES string of the molecule is C/C=C\N/C(=C/CC)NC(C)=O.CCCc1ccc(C)cc1. The van der Waals surface area contributed by atoms with Crippen molar-refractivity contribution in [1.82, 2.24) is 10.6 Å². The molecule has 0 spiro atoms. The second-order valence-electron chi connectivity index (χ2n) is 5.09. The summed E-state index contributed by atoms with van der Waals surface area (Å²) >= 11 is 0. The standard InChI is InChI=1S/C10H14.C9H16N2O/c1-3-4-10-7-5-9(2)6-8-10;1-4-6-9(10-7-5-2)11-8(3)12/h5-8H,3-4H2,1-2H3;5-7,10H,4H2,1-3H3,(H,11,12)/b;7-5-,9-6-. The number of hydrogen-bond acceptors (Lipinski definition) is 2. The van der Waals surface area contributed by atoms with Crippen LogP contribution in [0.15, 0.2) is 48.4 Å². The van der Waals surface area contributed by atoms with Crippen LogP contribution in [0, 0.1) is 6.92 Å². The van der Waals surface area contributed by atoms with Gasteiger partial charge in [0.1, 0.15) is 5.82 Å². The quantitative estimate of drug-likeness (QED) is 0.815. The number of carbonyl (C=O) groups is 1. The minimum atomic E-state index is -0.0632. The lowest BCUT2D eigenvalue weighted by Gasteiger charge is -2.06. The van der Waals surface area contributed by atoms with E-state index in [1.807, 2.05) is 26.0 Å². The summed E-state index contributed by atoms with van der Waals surface area (Å²) in [5.74, 6) is 0.676. The van der Waals surface area contributed by atoms with Gasteiger partial charge in [-0.1, -0.05) is 56.2 Å². The molecular weight excluding hydrogens is 272 g/mol. The van der Waals surface area contributed by atoms with E-state index in [9.17, 15) is 4.79 Å². The second-order valence-corrected chi connectivity index (χ2v) is 5.09. The van der Waals surface area contributed by atoms with Gasteiger partial charge in [0.25, 0.3) is 0 Å². The Kier molecular flexibility index (Phi) is 11.5. The molecule has 0 aliphatic heterocycles. The fraction of sp³-hybridized carbons (Fsp3) is 0.421. The minimum absolute atomic E-state index is 0.0632. The van der Waals surface area contributed by atoms with Crippen molar-refractivity contribution in [2.75, 3.05) is 0 Å². The monoisotopic (exact) mass is 302 g/mol. The van der Waals surface area contributed by atoms with E-state index in [0.29, 0.717) is 0 Å². The lowest BCUT2D eigenvalue weighted by molar-refractivity contribution is -0.118. The summed E-state index contributed by atoms with van der Waals surface area (Å²) < 4.78 is 0. The number of nitrogens with one attached hydrogen (secondary N) is 2. The van der Waals surface area contributed by atoms with Gasteiger partial charge < -0.3 is 10.6 Å². The zero-order valence-electron chi connectivity index (χ0n) is 14.6. The molecule has 0 aliphatic carbocycles. The van der Waals surface area contributed by atoms with Gasteiger partial charge in [0, 0.05) is 6.92 Å². The normalized spacial score (nSPS) is 10.9. The fourth-order valence-corrected chi connectivity index (χ4v) is 1.76. The lowest BCUT2D eigenvalue weighted by Crippen LogP contribution is -2.26. The highest BCUT2D eigenvalue weighted by molar-refractivity contribution is 5.74. The Morgan fingerprint density at radius 3 is 2.27 bits per heavy atom. The van der Waals surface area contributed by atoms with Crippen molar-refractivity contribution in [3.05, 3.63) is 59.6 Å². The van der Waals surface area contributed by atoms with E-state index >= 15 is 0 Å². The Balaban J connectivity index is 0.000000406. The van der Waals surface area contributed by atoms with Crippen LogP contribution in [0.1, 0.15) is 51.7 Å². The Hall–Kier alpha value is -2.03. The second kappa shape index (κ2) is 12.7. The largest absolute Gasteiger partial charge is 0.349 e. The van der Waals surface area contributed by atoms with Crippen LogP contribution in [-0.4, -0.2) is 5.91 Å². The van der Waals surface area contributed by atoms with Crippen LogP contribution in [0.4, 0.5) is 0 Å². The minimum Gasteiger partial charge on any atom is -0.349 e. The molecule has 1 aromatic carbocycles. The molecule has 3 nitrogen and oxygen atoms in total. The smallest absolute Gasteiger partial charge is 0.222 e. The van der Waals surface area contributed by atoms with E-state index in [4.69, 9.17) is 0 Å². The maximum absolute atomic E-state index is 10.7. The van der Waals surface area contributed by atoms with Crippen molar-refractivity contribution < 1.29 is 4.79 Å². The molecule has 0 bridgehead atoms. The van der Waals surface area contributed by atoms with Gasteiger partial charge in [0.15, 0.2) is 0 Å². The summed E-state index contributed by atoms with van der Waals surface area (Å²) in [5.41, 5.74) is 2.80. The van der Waals surface area contributed by atoms with Gasteiger partial charge in [-0.2, -0.15) is 0 Å². The van der Waals surface area contributed by atoms with E-state index in [2.05, 4.69) is 48.7 Å². The van der Waals surface area contributed by atoms with Crippen molar-refractivity contribution in [3.8, 4) is 0 Å². The molecule has 122 valence electrons. The molecular formula is C19H30N2O. The average molecular weight is 302 g/mol. The van der Waals surface area contributed by atoms with Crippen LogP contribution >= 0.6 is 0 Å². The molecule has 1 aromatic rings. The third-order valence-corrected chi connectivity index (χ3v) is 2.78. The summed E-state index contributed by atoms with van der Waals surface area (Å²) in [6.45, 7) is 9.74. The zero-order chi connectivity index (χ0) is 16.8. The van der Waals surface area contributed by atoms with E-state index in [0.717, 1.165) is 12.2 Å². The summed E-state index contributed by atoms with van der Waals surface area (Å²) in [6.07, 6.45) is 8.90. The molecule has 0 saturated carbocycles. The van der Waals surface area contributed by atoms with Gasteiger partial charge >= 0.3 is 0 Å². The van der Waals surface area contributed by atoms with Gasteiger partial charge in [-0.05, 0) is 44.5 Å². The molecule has 0 unspecified atom stereocenters. The maximum Gasteiger partial charge on any atom is 0.222 e. The molecule has 0 aromatic heterocycles. The van der Waals surface area contributed by atoms with Gasteiger partial charge in [0.05, 0.1) is 0 Å². The van der Waals surface area contributed by atoms with Crippen LogP contribution in [0.25, 0.3) is 0 Å². The van der Waals surface area contributed by atoms with Crippen LogP contribution in [0.5, 0.6) is 0 Å². The number of rotatable bonds is 6. The fourth-order valence-electron chi connectivity index (χ4n) is 1.76. The first kappa shape index (κ1) is 20.0. The van der Waals surface area contributed by atoms with Gasteiger partial charge in [-0.3, -0.25) is 4.79 Å². The van der Waals surface area contributed by atoms with Crippen molar-refractivity contribution in [2.45, 2.75) is 53.9 Å². The Morgan fingerprint density at radius 2 is 1.82 bits per heavy atom. The molecule has 0 heterocycles. The number of carbonyl (C=O) groups excluding carboxylic acids is 1. The van der Waals surface area contributed by atoms with Gasteiger partial charge in [0.2, 0.25) is 5.91 Å². The first-order valence-electron chi connectivity index (χ1n) is 7.94. The first-order valence-corrected chi connectivity index (χ1v) is 7.94. The molecule has 0 saturated heterocycles. The first-order chi connectivity index (χ1) is 10.5. The highest BCUT2D eigenvalue weighted by atomic mass is 16.1. The Morgan fingerprint density at radius 1 is 1.18 bits per heavy atom. The van der Waals surface area contributed by atoms with Gasteiger partial charge in [-0.15, -0.1) is 0 Å². The lowest BCUT2D eigenvalue weighted by atomic mass is 10.1. The maximum atomic E-state index is 10.7. The third-order valence-electron chi connectivity index (χ3n) is 2.78. The average Bonchev–Trinajstić information content (AvgIpc) is 2.48. The topological polar surface area (TPSA) is 41.1 Å². The van der Waals surface area contributed by atoms with E-state index in [-0.39, 0.29) is 5.91 Å². The van der Waals surface area contributed by atoms with E-state index in [1.54, 1.807) is 6.20 Å². The molecule has 2 N–H and O–H groups in total. The van der Waals surface area contributed by atoms with Crippen molar-refractivity contribution in [3.63, 3.8) is 0 Å². The van der Waals surface area contributed by atoms with E-state index < -0.39 is 0 Å². The van der Waals surface area contributed by atoms with Gasteiger partial charge in [-0.25, -0.2) is 0 Å². The molecule has 22 heavy (non-hydrogen) atoms. The van der Waals surface area contributed by atoms with Crippen molar-refractivity contribution in [2.24, 2.45) is 0 Å². The molecule has 3 heteroatoms. The van der Waals surface area contributed by atoms with Crippen molar-refractivity contribution >= 4 is 5.91 Å². The van der Waals surface area contributed by atoms with E-state index in [1.165, 1.54) is 30.9 Å². The predicted octanol–water partition coefficient (Wildman–Crippen LogP) is 4.44. The van der Waals surface area contributed by atoms with Crippen LogP contribution < -0.4 is 10.6 Å². The molecule has 0 fully saturated rings. The van der Waals surface area contributed by atoms with Crippen LogP contribution in [0.2, 0.25) is 0 Å². The molecule has 1 rings (SSSR count). The predicted molar refractivity (Wildman–Crippen MR) is 95.3 cm³/mol. The third kappa shape index (κ3) is 10.7. The Labute approximate surface area is 135 Å². The van der Waals surface area contributed by atoms with Crippen LogP contribution in [-0.2, 0) is 11.2 Å². The summed E-state index contributed by atoms with van der Waals surface area (Å²) in [5, 5.41) is 5.63. The van der Waals surface area contributed by atoms with Crippen LogP contribution in [0.3, 0.4) is 0 Å². The molecule has 1 amide bonds.